The summed E-state index contributed by atoms with van der Waals surface area (Å²) in [4.78, 5) is 26.0. The Labute approximate surface area is 174 Å². The normalized spacial score (nSPS) is 16.8. The molecule has 1 fully saturated rings. The van der Waals surface area contributed by atoms with E-state index in [0.717, 1.165) is 30.2 Å². The average Bonchev–Trinajstić information content (AvgIpc) is 2.90. The third-order valence-corrected chi connectivity index (χ3v) is 5.56. The third kappa shape index (κ3) is 5.05. The van der Waals surface area contributed by atoms with E-state index in [1.807, 2.05) is 6.07 Å². The summed E-state index contributed by atoms with van der Waals surface area (Å²) >= 11 is 6.38. The van der Waals surface area contributed by atoms with Gasteiger partial charge in [-0.1, -0.05) is 57.2 Å². The standard InChI is InChI=1S/C20H25NO5S2/c1-5-6-9-26-14-8-7-13(10-15(14)25-4)11-16-18(22)21(20(27)28-16)17(12(2)3)19(23)24/h7-8,10-12,17H,5-6,9H2,1-4H3,(H,23,24)/b16-11+/t17-/m1/s1. The van der Waals surface area contributed by atoms with Crippen LogP contribution in [0.1, 0.15) is 39.2 Å². The summed E-state index contributed by atoms with van der Waals surface area (Å²) in [6, 6.07) is 4.43. The van der Waals surface area contributed by atoms with Crippen molar-refractivity contribution in [2.45, 2.75) is 39.7 Å². The van der Waals surface area contributed by atoms with Gasteiger partial charge in [-0.25, -0.2) is 4.79 Å². The maximum absolute atomic E-state index is 12.8. The predicted molar refractivity (Wildman–Crippen MR) is 115 cm³/mol. The van der Waals surface area contributed by atoms with Crippen LogP contribution in [0.5, 0.6) is 11.5 Å². The summed E-state index contributed by atoms with van der Waals surface area (Å²) in [7, 11) is 1.56. The Kier molecular flexibility index (Phi) is 7.88. The molecule has 152 valence electrons. The number of hydrogen-bond acceptors (Lipinski definition) is 6. The number of carbonyl (C=O) groups excluding carboxylic acids is 1. The fourth-order valence-corrected chi connectivity index (χ4v) is 4.11. The number of rotatable bonds is 9. The molecule has 0 unspecified atom stereocenters. The number of carboxylic acids is 1. The van der Waals surface area contributed by atoms with E-state index in [1.54, 1.807) is 39.2 Å². The minimum absolute atomic E-state index is 0.254. The SMILES string of the molecule is CCCCOc1ccc(/C=C2/SC(=S)N([C@@H](C(=O)O)C(C)C)C2=O)cc1OC. The Morgan fingerprint density at radius 1 is 1.36 bits per heavy atom. The molecule has 1 atom stereocenters. The summed E-state index contributed by atoms with van der Waals surface area (Å²) in [5.41, 5.74) is 0.747. The van der Waals surface area contributed by atoms with Crippen LogP contribution >= 0.6 is 24.0 Å². The van der Waals surface area contributed by atoms with E-state index in [-0.39, 0.29) is 10.2 Å². The lowest BCUT2D eigenvalue weighted by molar-refractivity contribution is -0.146. The fraction of sp³-hybridized carbons (Fsp3) is 0.450. The first-order chi connectivity index (χ1) is 13.3. The minimum atomic E-state index is -1.07. The van der Waals surface area contributed by atoms with Crippen molar-refractivity contribution in [2.75, 3.05) is 13.7 Å². The van der Waals surface area contributed by atoms with Crippen molar-refractivity contribution in [3.8, 4) is 11.5 Å². The van der Waals surface area contributed by atoms with Crippen molar-refractivity contribution in [1.82, 2.24) is 4.90 Å². The van der Waals surface area contributed by atoms with Gasteiger partial charge >= 0.3 is 5.97 Å². The number of aliphatic carboxylic acids is 1. The summed E-state index contributed by atoms with van der Waals surface area (Å²) in [5.74, 6) is -0.502. The summed E-state index contributed by atoms with van der Waals surface area (Å²) in [6.45, 7) is 6.21. The smallest absolute Gasteiger partial charge is 0.327 e. The van der Waals surface area contributed by atoms with E-state index in [0.29, 0.717) is 23.0 Å². The van der Waals surface area contributed by atoms with Gasteiger partial charge in [0.15, 0.2) is 11.5 Å². The lowest BCUT2D eigenvalue weighted by Crippen LogP contribution is -2.47. The number of ether oxygens (including phenoxy) is 2. The van der Waals surface area contributed by atoms with Crippen LogP contribution in [0.3, 0.4) is 0 Å². The molecule has 0 aliphatic carbocycles. The number of carboxylic acid groups (broad SMARTS) is 1. The van der Waals surface area contributed by atoms with Crippen LogP contribution in [0.25, 0.3) is 6.08 Å². The van der Waals surface area contributed by atoms with E-state index < -0.39 is 17.9 Å². The van der Waals surface area contributed by atoms with Crippen LogP contribution in [0.2, 0.25) is 0 Å². The molecular formula is C20H25NO5S2. The second-order valence-electron chi connectivity index (χ2n) is 6.69. The number of unbranched alkanes of at least 4 members (excludes halogenated alkanes) is 1. The number of methoxy groups -OCH3 is 1. The number of amides is 1. The molecule has 8 heteroatoms. The van der Waals surface area contributed by atoms with Crippen molar-refractivity contribution >= 4 is 46.3 Å². The molecule has 2 rings (SSSR count). The average molecular weight is 424 g/mol. The topological polar surface area (TPSA) is 76.1 Å². The van der Waals surface area contributed by atoms with Gasteiger partial charge in [0.2, 0.25) is 0 Å². The summed E-state index contributed by atoms with van der Waals surface area (Å²) in [5, 5.41) is 9.49. The first-order valence-corrected chi connectivity index (χ1v) is 10.3. The number of carbonyl (C=O) groups is 2. The molecule has 1 aromatic carbocycles. The van der Waals surface area contributed by atoms with Gasteiger partial charge in [-0.3, -0.25) is 9.69 Å². The van der Waals surface area contributed by atoms with Crippen molar-refractivity contribution < 1.29 is 24.2 Å². The Morgan fingerprint density at radius 2 is 2.07 bits per heavy atom. The highest BCUT2D eigenvalue weighted by molar-refractivity contribution is 8.26. The van der Waals surface area contributed by atoms with Crippen molar-refractivity contribution in [2.24, 2.45) is 5.92 Å². The predicted octanol–water partition coefficient (Wildman–Crippen LogP) is 4.18. The molecule has 0 radical (unpaired) electrons. The maximum Gasteiger partial charge on any atom is 0.327 e. The highest BCUT2D eigenvalue weighted by Gasteiger charge is 2.41. The molecule has 1 N–H and O–H groups in total. The second-order valence-corrected chi connectivity index (χ2v) is 8.37. The molecule has 0 bridgehead atoms. The molecule has 0 aromatic heterocycles. The first-order valence-electron chi connectivity index (χ1n) is 9.10. The highest BCUT2D eigenvalue weighted by Crippen LogP contribution is 2.36. The van der Waals surface area contributed by atoms with Crippen LogP contribution in [0, 0.1) is 5.92 Å². The van der Waals surface area contributed by atoms with Gasteiger partial charge in [-0.2, -0.15) is 0 Å². The van der Waals surface area contributed by atoms with E-state index in [2.05, 4.69) is 6.92 Å². The zero-order chi connectivity index (χ0) is 20.8. The molecule has 0 saturated carbocycles. The van der Waals surface area contributed by atoms with Gasteiger partial charge in [0, 0.05) is 0 Å². The van der Waals surface area contributed by atoms with Crippen molar-refractivity contribution in [3.05, 3.63) is 28.7 Å². The molecule has 1 aliphatic rings. The lowest BCUT2D eigenvalue weighted by atomic mass is 10.0. The molecule has 1 amide bonds. The van der Waals surface area contributed by atoms with Crippen LogP contribution in [-0.2, 0) is 9.59 Å². The first kappa shape index (κ1) is 22.2. The van der Waals surface area contributed by atoms with E-state index >= 15 is 0 Å². The fourth-order valence-electron chi connectivity index (χ4n) is 2.78. The number of benzene rings is 1. The van der Waals surface area contributed by atoms with Gasteiger partial charge in [0.25, 0.3) is 5.91 Å². The third-order valence-electron chi connectivity index (χ3n) is 4.23. The zero-order valence-electron chi connectivity index (χ0n) is 16.4. The molecule has 1 aliphatic heterocycles. The summed E-state index contributed by atoms with van der Waals surface area (Å²) in [6.07, 6.45) is 3.68. The number of nitrogens with zero attached hydrogens (tertiary/aromatic N) is 1. The molecule has 1 heterocycles. The van der Waals surface area contributed by atoms with Crippen molar-refractivity contribution in [3.63, 3.8) is 0 Å². The Morgan fingerprint density at radius 3 is 2.64 bits per heavy atom. The van der Waals surface area contributed by atoms with Crippen molar-refractivity contribution in [1.29, 1.82) is 0 Å². The largest absolute Gasteiger partial charge is 0.493 e. The monoisotopic (exact) mass is 423 g/mol. The van der Waals surface area contributed by atoms with Crippen LogP contribution in [-0.4, -0.2) is 46.0 Å². The lowest BCUT2D eigenvalue weighted by Gasteiger charge is -2.26. The zero-order valence-corrected chi connectivity index (χ0v) is 18.1. The van der Waals surface area contributed by atoms with Gasteiger partial charge < -0.3 is 14.6 Å². The van der Waals surface area contributed by atoms with E-state index in [4.69, 9.17) is 21.7 Å². The Bertz CT molecular complexity index is 791. The number of thiocarbonyl (C=S) groups is 1. The summed E-state index contributed by atoms with van der Waals surface area (Å²) < 4.78 is 11.4. The molecule has 1 aromatic rings. The highest BCUT2D eigenvalue weighted by atomic mass is 32.2. The van der Waals surface area contributed by atoms with Crippen LogP contribution < -0.4 is 9.47 Å². The quantitative estimate of drug-likeness (QED) is 0.363. The van der Waals surface area contributed by atoms with Gasteiger partial charge in [0.1, 0.15) is 10.4 Å². The van der Waals surface area contributed by atoms with Crippen LogP contribution in [0.15, 0.2) is 23.1 Å². The molecule has 1 saturated heterocycles. The molecular weight excluding hydrogens is 398 g/mol. The molecule has 28 heavy (non-hydrogen) atoms. The number of thioether (sulfide) groups is 1. The van der Waals surface area contributed by atoms with E-state index in [1.165, 1.54) is 4.90 Å². The van der Waals surface area contributed by atoms with E-state index in [9.17, 15) is 14.7 Å². The minimum Gasteiger partial charge on any atom is -0.493 e. The van der Waals surface area contributed by atoms with Gasteiger partial charge in [0.05, 0.1) is 18.6 Å². The molecule has 6 nitrogen and oxygen atoms in total. The van der Waals surface area contributed by atoms with Crippen LogP contribution in [0.4, 0.5) is 0 Å². The number of hydrogen-bond donors (Lipinski definition) is 1. The Balaban J connectivity index is 2.27. The van der Waals surface area contributed by atoms with Gasteiger partial charge in [-0.05, 0) is 36.1 Å². The second kappa shape index (κ2) is 9.93. The van der Waals surface area contributed by atoms with Gasteiger partial charge in [-0.15, -0.1) is 0 Å². The molecule has 0 spiro atoms. The maximum atomic E-state index is 12.8. The Hall–Kier alpha value is -2.06.